The summed E-state index contributed by atoms with van der Waals surface area (Å²) in [5, 5.41) is 0. The average molecular weight is 268 g/mol. The Bertz CT molecular complexity index is 548. The van der Waals surface area contributed by atoms with Crippen LogP contribution in [0.4, 0.5) is 11.4 Å². The summed E-state index contributed by atoms with van der Waals surface area (Å²) in [7, 11) is 1.74. The van der Waals surface area contributed by atoms with Crippen molar-refractivity contribution >= 4 is 11.4 Å². The second-order valence-electron chi connectivity index (χ2n) is 4.98. The Labute approximate surface area is 120 Å². The van der Waals surface area contributed by atoms with Crippen molar-refractivity contribution in [3.05, 3.63) is 54.6 Å². The predicted octanol–water partition coefficient (Wildman–Crippen LogP) is 3.02. The first-order chi connectivity index (χ1) is 9.88. The molecule has 0 unspecified atom stereocenters. The Balaban J connectivity index is 1.70. The van der Waals surface area contributed by atoms with E-state index in [9.17, 15) is 0 Å². The fourth-order valence-corrected chi connectivity index (χ4v) is 2.74. The van der Waals surface area contributed by atoms with Gasteiger partial charge in [-0.3, -0.25) is 0 Å². The lowest BCUT2D eigenvalue weighted by molar-refractivity contribution is 0.413. The molecule has 2 aromatic carbocycles. The van der Waals surface area contributed by atoms with Crippen molar-refractivity contribution < 1.29 is 4.74 Å². The number of hydrogen-bond donors (Lipinski definition) is 0. The second-order valence-corrected chi connectivity index (χ2v) is 4.98. The zero-order valence-electron chi connectivity index (χ0n) is 11.8. The van der Waals surface area contributed by atoms with Crippen LogP contribution in [-0.2, 0) is 0 Å². The molecule has 0 N–H and O–H groups in total. The van der Waals surface area contributed by atoms with Crippen molar-refractivity contribution in [3.63, 3.8) is 0 Å². The molecule has 104 valence electrons. The highest BCUT2D eigenvalue weighted by atomic mass is 16.5. The summed E-state index contributed by atoms with van der Waals surface area (Å²) in [5.41, 5.74) is 2.51. The molecular formula is C17H20N2O. The van der Waals surface area contributed by atoms with Gasteiger partial charge in [0.2, 0.25) is 0 Å². The molecule has 0 bridgehead atoms. The molecule has 3 nitrogen and oxygen atoms in total. The molecule has 0 spiro atoms. The number of rotatable bonds is 3. The summed E-state index contributed by atoms with van der Waals surface area (Å²) in [6.45, 7) is 4.13. The van der Waals surface area contributed by atoms with Gasteiger partial charge in [-0.1, -0.05) is 30.3 Å². The van der Waals surface area contributed by atoms with Gasteiger partial charge in [0.05, 0.1) is 12.8 Å². The fraction of sp³-hybridized carbons (Fsp3) is 0.294. The van der Waals surface area contributed by atoms with Gasteiger partial charge in [-0.05, 0) is 24.3 Å². The lowest BCUT2D eigenvalue weighted by Crippen LogP contribution is -2.46. The third-order valence-corrected chi connectivity index (χ3v) is 3.83. The molecule has 0 saturated carbocycles. The van der Waals surface area contributed by atoms with Crippen LogP contribution in [0.2, 0.25) is 0 Å². The van der Waals surface area contributed by atoms with Gasteiger partial charge in [0, 0.05) is 31.9 Å². The van der Waals surface area contributed by atoms with E-state index in [1.165, 1.54) is 11.4 Å². The zero-order chi connectivity index (χ0) is 13.8. The SMILES string of the molecule is COc1ccccc1N1CCN(c2ccccc2)CC1. The fourth-order valence-electron chi connectivity index (χ4n) is 2.74. The molecule has 0 amide bonds. The van der Waals surface area contributed by atoms with E-state index in [0.717, 1.165) is 31.9 Å². The molecule has 0 atom stereocenters. The lowest BCUT2D eigenvalue weighted by atomic mass is 10.2. The highest BCUT2D eigenvalue weighted by Gasteiger charge is 2.19. The van der Waals surface area contributed by atoms with E-state index in [1.54, 1.807) is 7.11 Å². The van der Waals surface area contributed by atoms with Crippen LogP contribution in [0.1, 0.15) is 0 Å². The Morgan fingerprint density at radius 3 is 2.05 bits per heavy atom. The molecule has 1 heterocycles. The van der Waals surface area contributed by atoms with Crippen LogP contribution in [0.5, 0.6) is 5.75 Å². The smallest absolute Gasteiger partial charge is 0.142 e. The molecule has 3 heteroatoms. The minimum Gasteiger partial charge on any atom is -0.495 e. The van der Waals surface area contributed by atoms with Crippen LogP contribution in [0.15, 0.2) is 54.6 Å². The number of hydrogen-bond acceptors (Lipinski definition) is 3. The molecule has 3 rings (SSSR count). The molecule has 0 radical (unpaired) electrons. The summed E-state index contributed by atoms with van der Waals surface area (Å²) in [5.74, 6) is 0.959. The van der Waals surface area contributed by atoms with Crippen molar-refractivity contribution in [3.8, 4) is 5.75 Å². The van der Waals surface area contributed by atoms with Crippen LogP contribution < -0.4 is 14.5 Å². The van der Waals surface area contributed by atoms with Gasteiger partial charge in [-0.15, -0.1) is 0 Å². The number of para-hydroxylation sites is 3. The Kier molecular flexibility index (Phi) is 3.77. The van der Waals surface area contributed by atoms with Crippen molar-refractivity contribution in [2.75, 3.05) is 43.1 Å². The summed E-state index contributed by atoms with van der Waals surface area (Å²) in [4.78, 5) is 4.84. The Morgan fingerprint density at radius 2 is 1.35 bits per heavy atom. The minimum absolute atomic E-state index is 0.959. The average Bonchev–Trinajstić information content (AvgIpc) is 2.56. The van der Waals surface area contributed by atoms with Gasteiger partial charge in [0.15, 0.2) is 0 Å². The maximum Gasteiger partial charge on any atom is 0.142 e. The molecule has 0 aliphatic carbocycles. The monoisotopic (exact) mass is 268 g/mol. The minimum atomic E-state index is 0.959. The van der Waals surface area contributed by atoms with Crippen LogP contribution in [0.3, 0.4) is 0 Å². The van der Waals surface area contributed by atoms with E-state index < -0.39 is 0 Å². The van der Waals surface area contributed by atoms with Crippen molar-refractivity contribution in [1.29, 1.82) is 0 Å². The number of nitrogens with zero attached hydrogens (tertiary/aromatic N) is 2. The summed E-state index contributed by atoms with van der Waals surface area (Å²) < 4.78 is 5.45. The highest BCUT2D eigenvalue weighted by molar-refractivity contribution is 5.59. The first-order valence-electron chi connectivity index (χ1n) is 7.06. The molecule has 0 aromatic heterocycles. The number of benzene rings is 2. The van der Waals surface area contributed by atoms with Crippen LogP contribution >= 0.6 is 0 Å². The first kappa shape index (κ1) is 12.9. The second kappa shape index (κ2) is 5.87. The first-order valence-corrected chi connectivity index (χ1v) is 7.06. The maximum atomic E-state index is 5.45. The molecule has 1 fully saturated rings. The van der Waals surface area contributed by atoms with Crippen molar-refractivity contribution in [1.82, 2.24) is 0 Å². The van der Waals surface area contributed by atoms with Gasteiger partial charge in [0.1, 0.15) is 5.75 Å². The molecule has 20 heavy (non-hydrogen) atoms. The molecule has 2 aromatic rings. The molecule has 1 saturated heterocycles. The van der Waals surface area contributed by atoms with E-state index in [4.69, 9.17) is 4.74 Å². The van der Waals surface area contributed by atoms with Crippen LogP contribution in [-0.4, -0.2) is 33.3 Å². The Morgan fingerprint density at radius 1 is 0.750 bits per heavy atom. The number of piperazine rings is 1. The van der Waals surface area contributed by atoms with E-state index in [-0.39, 0.29) is 0 Å². The van der Waals surface area contributed by atoms with Crippen LogP contribution in [0, 0.1) is 0 Å². The van der Waals surface area contributed by atoms with E-state index >= 15 is 0 Å². The van der Waals surface area contributed by atoms with Crippen molar-refractivity contribution in [2.24, 2.45) is 0 Å². The Hall–Kier alpha value is -2.16. The standard InChI is InChI=1S/C17H20N2O/c1-20-17-10-6-5-9-16(17)19-13-11-18(12-14-19)15-7-3-2-4-8-15/h2-10H,11-14H2,1H3. The summed E-state index contributed by atoms with van der Waals surface area (Å²) in [6, 6.07) is 18.9. The zero-order valence-corrected chi connectivity index (χ0v) is 11.8. The van der Waals surface area contributed by atoms with E-state index in [2.05, 4.69) is 52.3 Å². The van der Waals surface area contributed by atoms with Crippen molar-refractivity contribution in [2.45, 2.75) is 0 Å². The largest absolute Gasteiger partial charge is 0.495 e. The van der Waals surface area contributed by atoms with Gasteiger partial charge in [-0.25, -0.2) is 0 Å². The number of anilines is 2. The third kappa shape index (κ3) is 2.57. The topological polar surface area (TPSA) is 15.7 Å². The van der Waals surface area contributed by atoms with Gasteiger partial charge in [0.25, 0.3) is 0 Å². The molecule has 1 aliphatic heterocycles. The molecule has 1 aliphatic rings. The normalized spacial score (nSPS) is 15.2. The van der Waals surface area contributed by atoms with Gasteiger partial charge >= 0.3 is 0 Å². The van der Waals surface area contributed by atoms with E-state index in [1.807, 2.05) is 12.1 Å². The third-order valence-electron chi connectivity index (χ3n) is 3.83. The quantitative estimate of drug-likeness (QED) is 0.851. The van der Waals surface area contributed by atoms with Gasteiger partial charge in [-0.2, -0.15) is 0 Å². The number of ether oxygens (including phenoxy) is 1. The van der Waals surface area contributed by atoms with Crippen LogP contribution in [0.25, 0.3) is 0 Å². The maximum absolute atomic E-state index is 5.45. The van der Waals surface area contributed by atoms with E-state index in [0.29, 0.717) is 0 Å². The molecular weight excluding hydrogens is 248 g/mol. The van der Waals surface area contributed by atoms with Gasteiger partial charge < -0.3 is 14.5 Å². The summed E-state index contributed by atoms with van der Waals surface area (Å²) >= 11 is 0. The highest BCUT2D eigenvalue weighted by Crippen LogP contribution is 2.29. The predicted molar refractivity (Wildman–Crippen MR) is 83.9 cm³/mol. The lowest BCUT2D eigenvalue weighted by Gasteiger charge is -2.37. The summed E-state index contributed by atoms with van der Waals surface area (Å²) in [6.07, 6.45) is 0. The number of methoxy groups -OCH3 is 1.